The summed E-state index contributed by atoms with van der Waals surface area (Å²) in [5.41, 5.74) is 0.786. The third-order valence-corrected chi connectivity index (χ3v) is 2.74. The Hall–Kier alpha value is -2.94. The minimum Gasteiger partial charge on any atom is -0.478 e. The molecule has 100 valence electrons. The lowest BCUT2D eigenvalue weighted by molar-refractivity contribution is 0.0696. The average Bonchev–Trinajstić information content (AvgIpc) is 2.46. The molecule has 2 aromatic rings. The van der Waals surface area contributed by atoms with E-state index in [4.69, 9.17) is 10.4 Å². The maximum Gasteiger partial charge on any atom is 0.339 e. The summed E-state index contributed by atoms with van der Waals surface area (Å²) in [6.45, 7) is 0. The van der Waals surface area contributed by atoms with Crippen molar-refractivity contribution in [3.05, 3.63) is 53.5 Å². The lowest BCUT2D eigenvalue weighted by atomic mass is 10.2. The predicted octanol–water partition coefficient (Wildman–Crippen LogP) is 2.56. The number of pyridine rings is 1. The van der Waals surface area contributed by atoms with Gasteiger partial charge in [-0.15, -0.1) is 0 Å². The van der Waals surface area contributed by atoms with Crippen LogP contribution in [0.1, 0.15) is 15.9 Å². The van der Waals surface area contributed by atoms with Crippen LogP contribution < -0.4 is 4.90 Å². The normalized spacial score (nSPS) is 9.85. The summed E-state index contributed by atoms with van der Waals surface area (Å²) in [7, 11) is 1.60. The summed E-state index contributed by atoms with van der Waals surface area (Å²) in [4.78, 5) is 16.5. The molecule has 20 heavy (non-hydrogen) atoms. The van der Waals surface area contributed by atoms with E-state index >= 15 is 0 Å². The molecule has 0 fully saturated rings. The Morgan fingerprint density at radius 2 is 2.20 bits per heavy atom. The standard InChI is InChI=1S/C14H10FN3O2/c1-18(11-4-2-3-9(5-11)7-16)13-12(14(19)20)6-10(15)8-17-13/h2-6,8H,1H3,(H,19,20). The van der Waals surface area contributed by atoms with E-state index in [9.17, 15) is 9.18 Å². The van der Waals surface area contributed by atoms with Crippen molar-refractivity contribution in [1.29, 1.82) is 5.26 Å². The zero-order valence-electron chi connectivity index (χ0n) is 10.5. The molecule has 1 aromatic heterocycles. The van der Waals surface area contributed by atoms with Gasteiger partial charge >= 0.3 is 5.97 Å². The molecule has 0 spiro atoms. The number of hydrogen-bond donors (Lipinski definition) is 1. The fourth-order valence-corrected chi connectivity index (χ4v) is 1.76. The van der Waals surface area contributed by atoms with E-state index in [2.05, 4.69) is 4.98 Å². The van der Waals surface area contributed by atoms with Crippen LogP contribution in [0.3, 0.4) is 0 Å². The molecule has 0 aliphatic rings. The highest BCUT2D eigenvalue weighted by molar-refractivity contribution is 5.94. The number of nitriles is 1. The van der Waals surface area contributed by atoms with Crippen LogP contribution in [0, 0.1) is 17.1 Å². The second-order valence-electron chi connectivity index (χ2n) is 4.05. The van der Waals surface area contributed by atoms with Gasteiger partial charge in [-0.1, -0.05) is 6.07 Å². The van der Waals surface area contributed by atoms with E-state index in [1.807, 2.05) is 6.07 Å². The largest absolute Gasteiger partial charge is 0.478 e. The van der Waals surface area contributed by atoms with Crippen molar-refractivity contribution in [1.82, 2.24) is 4.98 Å². The van der Waals surface area contributed by atoms with Crippen molar-refractivity contribution in [2.75, 3.05) is 11.9 Å². The highest BCUT2D eigenvalue weighted by Gasteiger charge is 2.17. The van der Waals surface area contributed by atoms with Gasteiger partial charge in [-0.05, 0) is 24.3 Å². The van der Waals surface area contributed by atoms with E-state index < -0.39 is 11.8 Å². The number of aromatic carboxylic acids is 1. The van der Waals surface area contributed by atoms with Crippen LogP contribution in [-0.4, -0.2) is 23.1 Å². The lowest BCUT2D eigenvalue weighted by Gasteiger charge is -2.20. The number of nitrogens with zero attached hydrogens (tertiary/aromatic N) is 3. The number of carboxylic acid groups (broad SMARTS) is 1. The van der Waals surface area contributed by atoms with Crippen molar-refractivity contribution < 1.29 is 14.3 Å². The number of aromatic nitrogens is 1. The first kappa shape index (κ1) is 13.5. The number of rotatable bonds is 3. The Kier molecular flexibility index (Phi) is 3.62. The van der Waals surface area contributed by atoms with Gasteiger partial charge in [0, 0.05) is 12.7 Å². The smallest absolute Gasteiger partial charge is 0.339 e. The van der Waals surface area contributed by atoms with E-state index in [0.717, 1.165) is 12.3 Å². The fourth-order valence-electron chi connectivity index (χ4n) is 1.76. The summed E-state index contributed by atoms with van der Waals surface area (Å²) < 4.78 is 13.1. The highest BCUT2D eigenvalue weighted by Crippen LogP contribution is 2.26. The third-order valence-electron chi connectivity index (χ3n) is 2.74. The molecule has 0 amide bonds. The Bertz CT molecular complexity index is 710. The number of anilines is 2. The second kappa shape index (κ2) is 5.36. The van der Waals surface area contributed by atoms with E-state index in [1.165, 1.54) is 4.90 Å². The summed E-state index contributed by atoms with van der Waals surface area (Å²) in [5, 5.41) is 18.0. The third kappa shape index (κ3) is 2.57. The molecule has 0 saturated carbocycles. The van der Waals surface area contributed by atoms with Crippen LogP contribution in [0.2, 0.25) is 0 Å². The SMILES string of the molecule is CN(c1cccc(C#N)c1)c1ncc(F)cc1C(=O)O. The van der Waals surface area contributed by atoms with Crippen molar-refractivity contribution >= 4 is 17.5 Å². The number of hydrogen-bond acceptors (Lipinski definition) is 4. The van der Waals surface area contributed by atoms with Gasteiger partial charge < -0.3 is 10.0 Å². The van der Waals surface area contributed by atoms with Gasteiger partial charge in [0.15, 0.2) is 0 Å². The zero-order chi connectivity index (χ0) is 14.7. The number of halogens is 1. The van der Waals surface area contributed by atoms with Gasteiger partial charge in [0.1, 0.15) is 17.2 Å². The van der Waals surface area contributed by atoms with Crippen LogP contribution in [0.4, 0.5) is 15.9 Å². The maximum absolute atomic E-state index is 13.1. The molecule has 1 aromatic carbocycles. The Morgan fingerprint density at radius 3 is 2.85 bits per heavy atom. The molecule has 2 rings (SSSR count). The van der Waals surface area contributed by atoms with Gasteiger partial charge in [-0.2, -0.15) is 5.26 Å². The van der Waals surface area contributed by atoms with Crippen LogP contribution in [-0.2, 0) is 0 Å². The first-order valence-electron chi connectivity index (χ1n) is 5.65. The monoisotopic (exact) mass is 271 g/mol. The second-order valence-corrected chi connectivity index (χ2v) is 4.05. The van der Waals surface area contributed by atoms with E-state index in [0.29, 0.717) is 11.3 Å². The molecule has 0 aliphatic heterocycles. The van der Waals surface area contributed by atoms with Crippen molar-refractivity contribution in [3.8, 4) is 6.07 Å². The van der Waals surface area contributed by atoms with Crippen LogP contribution >= 0.6 is 0 Å². The summed E-state index contributed by atoms with van der Waals surface area (Å²) in [6.07, 6.45) is 0.951. The minimum absolute atomic E-state index is 0.106. The molecule has 0 bridgehead atoms. The highest BCUT2D eigenvalue weighted by atomic mass is 19.1. The van der Waals surface area contributed by atoms with Gasteiger partial charge in [0.2, 0.25) is 0 Å². The molecule has 5 nitrogen and oxygen atoms in total. The first-order valence-corrected chi connectivity index (χ1v) is 5.65. The zero-order valence-corrected chi connectivity index (χ0v) is 10.5. The summed E-state index contributed by atoms with van der Waals surface area (Å²) in [5.74, 6) is -1.88. The molecule has 0 saturated heterocycles. The van der Waals surface area contributed by atoms with Gasteiger partial charge in [0.25, 0.3) is 0 Å². The average molecular weight is 271 g/mol. The Morgan fingerprint density at radius 1 is 1.45 bits per heavy atom. The van der Waals surface area contributed by atoms with Gasteiger partial charge in [-0.25, -0.2) is 14.2 Å². The Labute approximate surface area is 114 Å². The first-order chi connectivity index (χ1) is 9.52. The fraction of sp³-hybridized carbons (Fsp3) is 0.0714. The number of benzene rings is 1. The summed E-state index contributed by atoms with van der Waals surface area (Å²) >= 11 is 0. The predicted molar refractivity (Wildman–Crippen MR) is 70.4 cm³/mol. The van der Waals surface area contributed by atoms with Gasteiger partial charge in [-0.3, -0.25) is 0 Å². The quantitative estimate of drug-likeness (QED) is 0.928. The molecule has 0 unspecified atom stereocenters. The Balaban J connectivity index is 2.50. The molecule has 0 atom stereocenters. The summed E-state index contributed by atoms with van der Waals surface area (Å²) in [6, 6.07) is 9.52. The van der Waals surface area contributed by atoms with Crippen LogP contribution in [0.15, 0.2) is 36.5 Å². The molecular formula is C14H10FN3O2. The minimum atomic E-state index is -1.27. The lowest BCUT2D eigenvalue weighted by Crippen LogP contribution is -2.16. The maximum atomic E-state index is 13.1. The van der Waals surface area contributed by atoms with Crippen LogP contribution in [0.25, 0.3) is 0 Å². The van der Waals surface area contributed by atoms with Crippen molar-refractivity contribution in [2.45, 2.75) is 0 Å². The van der Waals surface area contributed by atoms with Gasteiger partial charge in [0.05, 0.1) is 17.8 Å². The molecular weight excluding hydrogens is 261 g/mol. The molecule has 1 N–H and O–H groups in total. The molecule has 0 radical (unpaired) electrons. The van der Waals surface area contributed by atoms with E-state index in [1.54, 1.807) is 31.3 Å². The number of carbonyl (C=O) groups is 1. The number of carboxylic acids is 1. The topological polar surface area (TPSA) is 77.2 Å². The van der Waals surface area contributed by atoms with Crippen molar-refractivity contribution in [2.24, 2.45) is 0 Å². The van der Waals surface area contributed by atoms with Crippen LogP contribution in [0.5, 0.6) is 0 Å². The van der Waals surface area contributed by atoms with E-state index in [-0.39, 0.29) is 11.4 Å². The molecule has 6 heteroatoms. The molecule has 0 aliphatic carbocycles. The van der Waals surface area contributed by atoms with Crippen molar-refractivity contribution in [3.63, 3.8) is 0 Å². The molecule has 1 heterocycles.